The van der Waals surface area contributed by atoms with E-state index >= 15 is 0 Å². The highest BCUT2D eigenvalue weighted by molar-refractivity contribution is 6.07. The number of amides is 1. The molecule has 5 heteroatoms. The molecular weight excluding hydrogens is 276 g/mol. The lowest BCUT2D eigenvalue weighted by Crippen LogP contribution is -2.16. The maximum absolute atomic E-state index is 12.1. The van der Waals surface area contributed by atoms with Crippen LogP contribution in [0.2, 0.25) is 0 Å². The van der Waals surface area contributed by atoms with Crippen molar-refractivity contribution in [1.29, 1.82) is 0 Å². The van der Waals surface area contributed by atoms with Crippen LogP contribution in [-0.4, -0.2) is 23.1 Å². The molecular formula is C17H18N4O. The lowest BCUT2D eigenvalue weighted by atomic mass is 10.1. The summed E-state index contributed by atoms with van der Waals surface area (Å²) in [6.45, 7) is 0.825. The Bertz CT molecular complexity index is 682. The number of nitrogens with zero attached hydrogens (tertiary/aromatic N) is 2. The summed E-state index contributed by atoms with van der Waals surface area (Å²) in [5, 5.41) is 7.14. The lowest BCUT2D eigenvalue weighted by molar-refractivity contribution is -0.116. The molecule has 1 aliphatic rings. The normalized spacial score (nSPS) is 13.4. The highest BCUT2D eigenvalue weighted by Crippen LogP contribution is 2.16. The standard InChI is InChI=1S/C17H18N4O/c22-16(9-8-13-5-2-1-3-6-13)20-17-14(7-4-11-18-17)15-10-12-19-21-15/h1-7,11,19H,8-10,12H2,(H,18,20,22). The second-order valence-electron chi connectivity index (χ2n) is 5.15. The van der Waals surface area contributed by atoms with Crippen LogP contribution in [0.4, 0.5) is 5.82 Å². The van der Waals surface area contributed by atoms with Gasteiger partial charge in [0.05, 0.1) is 5.71 Å². The molecule has 1 aliphatic heterocycles. The Labute approximate surface area is 129 Å². The average molecular weight is 294 g/mol. The molecule has 2 N–H and O–H groups in total. The molecule has 1 aromatic heterocycles. The van der Waals surface area contributed by atoms with E-state index in [-0.39, 0.29) is 5.91 Å². The highest BCUT2D eigenvalue weighted by Gasteiger charge is 2.15. The maximum atomic E-state index is 12.1. The molecule has 0 bridgehead atoms. The fourth-order valence-corrected chi connectivity index (χ4v) is 2.41. The van der Waals surface area contributed by atoms with Gasteiger partial charge in [-0.2, -0.15) is 5.10 Å². The third-order valence-corrected chi connectivity index (χ3v) is 3.55. The topological polar surface area (TPSA) is 66.4 Å². The van der Waals surface area contributed by atoms with Crippen LogP contribution < -0.4 is 10.7 Å². The van der Waals surface area contributed by atoms with E-state index in [0.717, 1.165) is 36.2 Å². The second kappa shape index (κ2) is 6.85. The molecule has 0 radical (unpaired) electrons. The number of nitrogens with one attached hydrogen (secondary N) is 2. The number of carbonyl (C=O) groups is 1. The number of benzene rings is 1. The van der Waals surface area contributed by atoms with E-state index in [0.29, 0.717) is 12.2 Å². The van der Waals surface area contributed by atoms with Gasteiger partial charge in [-0.15, -0.1) is 0 Å². The zero-order chi connectivity index (χ0) is 15.2. The predicted molar refractivity (Wildman–Crippen MR) is 86.8 cm³/mol. The molecule has 2 aromatic rings. The molecule has 112 valence electrons. The van der Waals surface area contributed by atoms with Crippen LogP contribution in [0.15, 0.2) is 53.8 Å². The van der Waals surface area contributed by atoms with E-state index < -0.39 is 0 Å². The number of hydrazone groups is 1. The van der Waals surface area contributed by atoms with Crippen LogP contribution in [0.25, 0.3) is 0 Å². The molecule has 1 amide bonds. The number of anilines is 1. The third kappa shape index (κ3) is 3.49. The summed E-state index contributed by atoms with van der Waals surface area (Å²) in [6.07, 6.45) is 3.68. The number of pyridine rings is 1. The summed E-state index contributed by atoms with van der Waals surface area (Å²) in [7, 11) is 0. The SMILES string of the molecule is O=C(CCc1ccccc1)Nc1ncccc1C1=NNCC1. The summed E-state index contributed by atoms with van der Waals surface area (Å²) >= 11 is 0. The fraction of sp³-hybridized carbons (Fsp3) is 0.235. The van der Waals surface area contributed by atoms with Crippen molar-refractivity contribution in [3.8, 4) is 0 Å². The smallest absolute Gasteiger partial charge is 0.225 e. The minimum Gasteiger partial charge on any atom is -0.310 e. The van der Waals surface area contributed by atoms with Crippen molar-refractivity contribution in [3.63, 3.8) is 0 Å². The van der Waals surface area contributed by atoms with Gasteiger partial charge >= 0.3 is 0 Å². The summed E-state index contributed by atoms with van der Waals surface area (Å²) in [5.74, 6) is 0.554. The zero-order valence-corrected chi connectivity index (χ0v) is 12.2. The summed E-state index contributed by atoms with van der Waals surface area (Å²) in [6, 6.07) is 13.8. The molecule has 1 aromatic carbocycles. The van der Waals surface area contributed by atoms with E-state index in [1.54, 1.807) is 6.20 Å². The Morgan fingerprint density at radius 3 is 2.82 bits per heavy atom. The quantitative estimate of drug-likeness (QED) is 0.889. The Kier molecular flexibility index (Phi) is 4.44. The first kappa shape index (κ1) is 14.3. The van der Waals surface area contributed by atoms with Gasteiger partial charge in [0.25, 0.3) is 0 Å². The fourth-order valence-electron chi connectivity index (χ4n) is 2.41. The van der Waals surface area contributed by atoms with Gasteiger partial charge in [0.1, 0.15) is 5.82 Å². The number of aryl methyl sites for hydroxylation is 1. The Balaban J connectivity index is 1.64. The van der Waals surface area contributed by atoms with Crippen molar-refractivity contribution in [2.45, 2.75) is 19.3 Å². The van der Waals surface area contributed by atoms with Gasteiger partial charge < -0.3 is 10.7 Å². The van der Waals surface area contributed by atoms with Gasteiger partial charge in [-0.3, -0.25) is 4.79 Å². The Morgan fingerprint density at radius 2 is 2.05 bits per heavy atom. The first-order chi connectivity index (χ1) is 10.8. The van der Waals surface area contributed by atoms with Gasteiger partial charge in [-0.25, -0.2) is 4.98 Å². The van der Waals surface area contributed by atoms with Crippen molar-refractivity contribution in [2.24, 2.45) is 5.10 Å². The van der Waals surface area contributed by atoms with Crippen molar-refractivity contribution in [1.82, 2.24) is 10.4 Å². The Morgan fingerprint density at radius 1 is 1.18 bits per heavy atom. The lowest BCUT2D eigenvalue weighted by Gasteiger charge is -2.09. The van der Waals surface area contributed by atoms with Gasteiger partial charge in [0.2, 0.25) is 5.91 Å². The summed E-state index contributed by atoms with van der Waals surface area (Å²) in [5.41, 5.74) is 5.93. The molecule has 0 aliphatic carbocycles. The van der Waals surface area contributed by atoms with E-state index in [1.807, 2.05) is 42.5 Å². The van der Waals surface area contributed by atoms with Crippen LogP contribution in [0.5, 0.6) is 0 Å². The van der Waals surface area contributed by atoms with Crippen LogP contribution in [-0.2, 0) is 11.2 Å². The maximum Gasteiger partial charge on any atom is 0.225 e. The third-order valence-electron chi connectivity index (χ3n) is 3.55. The molecule has 5 nitrogen and oxygen atoms in total. The van der Waals surface area contributed by atoms with E-state index in [4.69, 9.17) is 0 Å². The largest absolute Gasteiger partial charge is 0.310 e. The molecule has 22 heavy (non-hydrogen) atoms. The summed E-state index contributed by atoms with van der Waals surface area (Å²) in [4.78, 5) is 16.4. The number of aromatic nitrogens is 1. The molecule has 2 heterocycles. The first-order valence-electron chi connectivity index (χ1n) is 7.41. The van der Waals surface area contributed by atoms with Crippen LogP contribution >= 0.6 is 0 Å². The van der Waals surface area contributed by atoms with Crippen LogP contribution in [0.1, 0.15) is 24.0 Å². The van der Waals surface area contributed by atoms with Gasteiger partial charge in [-0.05, 0) is 24.1 Å². The first-order valence-corrected chi connectivity index (χ1v) is 7.41. The average Bonchev–Trinajstić information content (AvgIpc) is 3.09. The Hall–Kier alpha value is -2.69. The minimum absolute atomic E-state index is 0.0321. The number of rotatable bonds is 5. The van der Waals surface area contributed by atoms with Crippen molar-refractivity contribution < 1.29 is 4.79 Å². The van der Waals surface area contributed by atoms with Crippen molar-refractivity contribution in [3.05, 3.63) is 59.8 Å². The van der Waals surface area contributed by atoms with Crippen LogP contribution in [0, 0.1) is 0 Å². The molecule has 0 saturated heterocycles. The molecule has 3 rings (SSSR count). The highest BCUT2D eigenvalue weighted by atomic mass is 16.1. The zero-order valence-electron chi connectivity index (χ0n) is 12.2. The molecule has 0 fully saturated rings. The molecule has 0 saturated carbocycles. The second-order valence-corrected chi connectivity index (χ2v) is 5.15. The molecule has 0 spiro atoms. The molecule has 0 unspecified atom stereocenters. The minimum atomic E-state index is -0.0321. The number of carbonyl (C=O) groups excluding carboxylic acids is 1. The summed E-state index contributed by atoms with van der Waals surface area (Å²) < 4.78 is 0. The van der Waals surface area contributed by atoms with Gasteiger partial charge in [0.15, 0.2) is 0 Å². The van der Waals surface area contributed by atoms with E-state index in [2.05, 4.69) is 20.8 Å². The molecule has 0 atom stereocenters. The van der Waals surface area contributed by atoms with Gasteiger partial charge in [0, 0.05) is 31.1 Å². The van der Waals surface area contributed by atoms with Crippen molar-refractivity contribution in [2.75, 3.05) is 11.9 Å². The van der Waals surface area contributed by atoms with Crippen LogP contribution in [0.3, 0.4) is 0 Å². The number of hydrogen-bond acceptors (Lipinski definition) is 4. The van der Waals surface area contributed by atoms with E-state index in [1.165, 1.54) is 0 Å². The van der Waals surface area contributed by atoms with Crippen molar-refractivity contribution >= 4 is 17.4 Å². The van der Waals surface area contributed by atoms with E-state index in [9.17, 15) is 4.79 Å². The predicted octanol–water partition coefficient (Wildman–Crippen LogP) is 2.35. The number of hydrogen-bond donors (Lipinski definition) is 2. The monoisotopic (exact) mass is 294 g/mol. The van der Waals surface area contributed by atoms with Gasteiger partial charge in [-0.1, -0.05) is 30.3 Å².